The quantitative estimate of drug-likeness (QED) is 0.364. The van der Waals surface area contributed by atoms with Gasteiger partial charge in [0, 0.05) is 20.1 Å². The van der Waals surface area contributed by atoms with Gasteiger partial charge in [-0.05, 0) is 60.7 Å². The third kappa shape index (κ3) is 3.86. The van der Waals surface area contributed by atoms with E-state index in [1.165, 1.54) is 10.6 Å². The van der Waals surface area contributed by atoms with E-state index in [9.17, 15) is 14.4 Å². The molecule has 0 unspecified atom stereocenters. The predicted molar refractivity (Wildman–Crippen MR) is 122 cm³/mol. The summed E-state index contributed by atoms with van der Waals surface area (Å²) >= 11 is 15.3. The number of aromatic nitrogens is 2. The van der Waals surface area contributed by atoms with Crippen molar-refractivity contribution in [3.8, 4) is 5.69 Å². The minimum atomic E-state index is -0.626. The van der Waals surface area contributed by atoms with Gasteiger partial charge in [0.1, 0.15) is 0 Å². The van der Waals surface area contributed by atoms with E-state index in [1.807, 2.05) is 0 Å². The molecule has 3 aromatic carbocycles. The maximum atomic E-state index is 13.3. The van der Waals surface area contributed by atoms with E-state index in [-0.39, 0.29) is 12.3 Å². The average molecular weight is 504 g/mol. The first-order chi connectivity index (χ1) is 14.3. The number of benzene rings is 3. The molecule has 0 saturated carbocycles. The van der Waals surface area contributed by atoms with E-state index in [1.54, 1.807) is 60.7 Å². The molecular formula is C22H13BrCl2N2O3. The highest BCUT2D eigenvalue weighted by Crippen LogP contribution is 2.19. The van der Waals surface area contributed by atoms with Gasteiger partial charge in [-0.15, -0.1) is 0 Å². The van der Waals surface area contributed by atoms with Crippen molar-refractivity contribution in [2.24, 2.45) is 0 Å². The second kappa shape index (κ2) is 8.22. The summed E-state index contributed by atoms with van der Waals surface area (Å²) in [6.45, 7) is -0.237. The number of Topliss-reactive ketones (excluding diaryl/α,β-unsaturated/α-hetero) is 1. The summed E-state index contributed by atoms with van der Waals surface area (Å²) in [5.74, 6) is -0.283. The fraction of sp³-hybridized carbons (Fsp3) is 0.0455. The van der Waals surface area contributed by atoms with Crippen LogP contribution >= 0.6 is 39.1 Å². The van der Waals surface area contributed by atoms with Gasteiger partial charge < -0.3 is 0 Å². The van der Waals surface area contributed by atoms with Crippen LogP contribution < -0.4 is 11.2 Å². The molecule has 5 nitrogen and oxygen atoms in total. The van der Waals surface area contributed by atoms with Crippen molar-refractivity contribution in [1.82, 2.24) is 9.13 Å². The number of carbonyl (C=O) groups is 1. The number of hydrogen-bond donors (Lipinski definition) is 0. The molecular weight excluding hydrogens is 491 g/mol. The third-order valence-electron chi connectivity index (χ3n) is 4.64. The topological polar surface area (TPSA) is 61.1 Å². The Kier molecular flexibility index (Phi) is 5.64. The maximum Gasteiger partial charge on any atom is 0.336 e. The monoisotopic (exact) mass is 502 g/mol. The molecule has 30 heavy (non-hydrogen) atoms. The van der Waals surface area contributed by atoms with E-state index >= 15 is 0 Å². The number of nitrogens with zero attached hydrogens (tertiary/aromatic N) is 2. The molecule has 0 saturated heterocycles. The average Bonchev–Trinajstić information content (AvgIpc) is 2.72. The van der Waals surface area contributed by atoms with Gasteiger partial charge in [0.05, 0.1) is 23.1 Å². The van der Waals surface area contributed by atoms with Crippen molar-refractivity contribution < 1.29 is 4.79 Å². The summed E-state index contributed by atoms with van der Waals surface area (Å²) in [5, 5.41) is 1.19. The van der Waals surface area contributed by atoms with Crippen LogP contribution in [0.1, 0.15) is 10.4 Å². The molecule has 4 rings (SSSR count). The molecule has 8 heteroatoms. The van der Waals surface area contributed by atoms with Crippen LogP contribution in [0.2, 0.25) is 10.0 Å². The van der Waals surface area contributed by atoms with Gasteiger partial charge in [-0.2, -0.15) is 0 Å². The Morgan fingerprint density at radius 3 is 2.33 bits per heavy atom. The fourth-order valence-electron chi connectivity index (χ4n) is 3.21. The molecule has 0 aliphatic rings. The first kappa shape index (κ1) is 20.6. The minimum Gasteiger partial charge on any atom is -0.292 e. The zero-order valence-electron chi connectivity index (χ0n) is 15.3. The molecule has 4 aromatic rings. The Morgan fingerprint density at radius 1 is 0.900 bits per heavy atom. The zero-order valence-corrected chi connectivity index (χ0v) is 18.4. The first-order valence-corrected chi connectivity index (χ1v) is 10.4. The molecule has 0 bridgehead atoms. The highest BCUT2D eigenvalue weighted by molar-refractivity contribution is 9.10. The maximum absolute atomic E-state index is 13.3. The van der Waals surface area contributed by atoms with Gasteiger partial charge >= 0.3 is 5.69 Å². The van der Waals surface area contributed by atoms with Crippen molar-refractivity contribution in [2.75, 3.05) is 0 Å². The van der Waals surface area contributed by atoms with Crippen LogP contribution in [-0.4, -0.2) is 14.9 Å². The summed E-state index contributed by atoms with van der Waals surface area (Å²) < 4.78 is 3.00. The number of fused-ring (bicyclic) bond motifs is 1. The minimum absolute atomic E-state index is 0.237. The molecule has 0 fully saturated rings. The second-order valence-corrected chi connectivity index (χ2v) is 8.37. The highest BCUT2D eigenvalue weighted by Gasteiger charge is 2.18. The summed E-state index contributed by atoms with van der Waals surface area (Å²) in [6, 6.07) is 17.8. The lowest BCUT2D eigenvalue weighted by Crippen LogP contribution is -2.40. The third-order valence-corrected chi connectivity index (χ3v) is 5.62. The second-order valence-electron chi connectivity index (χ2n) is 6.58. The Morgan fingerprint density at radius 2 is 1.63 bits per heavy atom. The van der Waals surface area contributed by atoms with Crippen LogP contribution in [0.25, 0.3) is 16.6 Å². The van der Waals surface area contributed by atoms with Gasteiger partial charge in [-0.3, -0.25) is 14.2 Å². The smallest absolute Gasteiger partial charge is 0.292 e. The zero-order chi connectivity index (χ0) is 21.4. The van der Waals surface area contributed by atoms with Crippen molar-refractivity contribution in [3.05, 3.63) is 108 Å². The largest absolute Gasteiger partial charge is 0.336 e. The standard InChI is InChI=1S/C22H13BrCl2N2O3/c23-14-6-9-19-18(10-14)21(29)27(17-3-1-2-16(25)11-17)22(30)26(19)12-20(28)13-4-7-15(24)8-5-13/h1-11H,12H2. The van der Waals surface area contributed by atoms with E-state index < -0.39 is 11.2 Å². The molecule has 0 aliphatic heterocycles. The predicted octanol–water partition coefficient (Wildman–Crippen LogP) is 5.10. The molecule has 0 atom stereocenters. The summed E-state index contributed by atoms with van der Waals surface area (Å²) in [6.07, 6.45) is 0. The number of rotatable bonds is 4. The lowest BCUT2D eigenvalue weighted by atomic mass is 10.1. The van der Waals surface area contributed by atoms with Crippen LogP contribution in [0.15, 0.2) is 80.8 Å². The molecule has 150 valence electrons. The van der Waals surface area contributed by atoms with E-state index in [0.717, 1.165) is 4.57 Å². The van der Waals surface area contributed by atoms with Gasteiger partial charge in [0.15, 0.2) is 5.78 Å². The molecule has 0 aliphatic carbocycles. The van der Waals surface area contributed by atoms with Crippen LogP contribution in [0.4, 0.5) is 0 Å². The Bertz CT molecular complexity index is 1410. The molecule has 1 heterocycles. The van der Waals surface area contributed by atoms with Gasteiger partial charge in [-0.1, -0.05) is 45.2 Å². The van der Waals surface area contributed by atoms with Crippen LogP contribution in [0.5, 0.6) is 0 Å². The number of carbonyl (C=O) groups excluding carboxylic acids is 1. The molecule has 0 amide bonds. The first-order valence-electron chi connectivity index (χ1n) is 8.85. The van der Waals surface area contributed by atoms with E-state index in [4.69, 9.17) is 23.2 Å². The van der Waals surface area contributed by atoms with Crippen LogP contribution in [0.3, 0.4) is 0 Å². The summed E-state index contributed by atoms with van der Waals surface area (Å²) in [7, 11) is 0. The molecule has 0 N–H and O–H groups in total. The van der Waals surface area contributed by atoms with Gasteiger partial charge in [0.25, 0.3) is 5.56 Å². The SMILES string of the molecule is O=C(Cn1c(=O)n(-c2cccc(Cl)c2)c(=O)c2cc(Br)ccc21)c1ccc(Cl)cc1. The normalized spacial score (nSPS) is 11.0. The number of halogens is 3. The number of hydrogen-bond acceptors (Lipinski definition) is 3. The lowest BCUT2D eigenvalue weighted by Gasteiger charge is -2.14. The summed E-state index contributed by atoms with van der Waals surface area (Å²) in [4.78, 5) is 39.3. The van der Waals surface area contributed by atoms with Crippen LogP contribution in [0, 0.1) is 0 Å². The van der Waals surface area contributed by atoms with Crippen molar-refractivity contribution in [3.63, 3.8) is 0 Å². The summed E-state index contributed by atoms with van der Waals surface area (Å²) in [5.41, 5.74) is -0.00825. The van der Waals surface area contributed by atoms with Crippen molar-refractivity contribution in [1.29, 1.82) is 0 Å². The van der Waals surface area contributed by atoms with Crippen molar-refractivity contribution >= 4 is 55.8 Å². The Balaban J connectivity index is 1.96. The van der Waals surface area contributed by atoms with Gasteiger partial charge in [0.2, 0.25) is 0 Å². The van der Waals surface area contributed by atoms with Gasteiger partial charge in [-0.25, -0.2) is 9.36 Å². The number of ketones is 1. The van der Waals surface area contributed by atoms with Crippen LogP contribution in [-0.2, 0) is 6.54 Å². The molecule has 1 aromatic heterocycles. The molecule has 0 radical (unpaired) electrons. The Labute approximate surface area is 189 Å². The molecule has 0 spiro atoms. The lowest BCUT2D eigenvalue weighted by molar-refractivity contribution is 0.0971. The van der Waals surface area contributed by atoms with E-state index in [2.05, 4.69) is 15.9 Å². The Hall–Kier alpha value is -2.67. The van der Waals surface area contributed by atoms with Crippen molar-refractivity contribution in [2.45, 2.75) is 6.54 Å². The van der Waals surface area contributed by atoms with E-state index in [0.29, 0.717) is 36.7 Å². The fourth-order valence-corrected chi connectivity index (χ4v) is 3.88. The highest BCUT2D eigenvalue weighted by atomic mass is 79.9.